The van der Waals surface area contributed by atoms with Gasteiger partial charge in [-0.15, -0.1) is 0 Å². The zero-order valence-electron chi connectivity index (χ0n) is 9.32. The highest BCUT2D eigenvalue weighted by atomic mass is 16.6. The summed E-state index contributed by atoms with van der Waals surface area (Å²) in [6.07, 6.45) is 1.08. The van der Waals surface area contributed by atoms with Crippen molar-refractivity contribution in [1.82, 2.24) is 0 Å². The minimum atomic E-state index is -0.492. The molecule has 0 heterocycles. The van der Waals surface area contributed by atoms with Gasteiger partial charge in [0.15, 0.2) is 0 Å². The Bertz CT molecular complexity index is 416. The van der Waals surface area contributed by atoms with Crippen molar-refractivity contribution < 1.29 is 9.72 Å². The second-order valence-electron chi connectivity index (χ2n) is 3.58. The minimum Gasteiger partial charge on any atom is -0.320 e. The standard InChI is InChI=1S/C11H14N2O3/c1-3-4-11(14)12-9-6-5-8(2)7-10(9)13(15)16/h5-7H,3-4H2,1-2H3,(H,12,14). The average Bonchev–Trinajstić information content (AvgIpc) is 2.20. The summed E-state index contributed by atoms with van der Waals surface area (Å²) in [6, 6.07) is 4.73. The molecule has 1 rings (SSSR count). The Balaban J connectivity index is 2.95. The Kier molecular flexibility index (Phi) is 3.99. The molecule has 16 heavy (non-hydrogen) atoms. The lowest BCUT2D eigenvalue weighted by atomic mass is 10.2. The van der Waals surface area contributed by atoms with Gasteiger partial charge in [0, 0.05) is 12.5 Å². The summed E-state index contributed by atoms with van der Waals surface area (Å²) < 4.78 is 0. The topological polar surface area (TPSA) is 72.2 Å². The Morgan fingerprint density at radius 1 is 1.50 bits per heavy atom. The van der Waals surface area contributed by atoms with E-state index in [0.29, 0.717) is 12.8 Å². The molecule has 0 radical (unpaired) electrons. The van der Waals surface area contributed by atoms with Crippen LogP contribution in [-0.4, -0.2) is 10.8 Å². The molecule has 5 nitrogen and oxygen atoms in total. The van der Waals surface area contributed by atoms with Crippen LogP contribution in [0.4, 0.5) is 11.4 Å². The predicted molar refractivity (Wildman–Crippen MR) is 61.4 cm³/mol. The molecule has 0 unspecified atom stereocenters. The number of nitro groups is 1. The zero-order valence-corrected chi connectivity index (χ0v) is 9.32. The minimum absolute atomic E-state index is 0.0653. The van der Waals surface area contributed by atoms with E-state index in [1.165, 1.54) is 6.07 Å². The van der Waals surface area contributed by atoms with Gasteiger partial charge in [0.2, 0.25) is 5.91 Å². The Labute approximate surface area is 93.6 Å². The molecule has 0 aliphatic heterocycles. The average molecular weight is 222 g/mol. The number of nitrogens with one attached hydrogen (secondary N) is 1. The van der Waals surface area contributed by atoms with Crippen molar-refractivity contribution >= 4 is 17.3 Å². The van der Waals surface area contributed by atoms with Gasteiger partial charge in [-0.25, -0.2) is 0 Å². The summed E-state index contributed by atoms with van der Waals surface area (Å²) in [6.45, 7) is 3.65. The van der Waals surface area contributed by atoms with Crippen molar-refractivity contribution in [3.05, 3.63) is 33.9 Å². The lowest BCUT2D eigenvalue weighted by Gasteiger charge is -2.05. The third kappa shape index (κ3) is 3.05. The number of rotatable bonds is 4. The fourth-order valence-electron chi connectivity index (χ4n) is 1.34. The fraction of sp³-hybridized carbons (Fsp3) is 0.364. The summed E-state index contributed by atoms with van der Waals surface area (Å²) in [7, 11) is 0. The molecule has 1 amide bonds. The lowest BCUT2D eigenvalue weighted by molar-refractivity contribution is -0.384. The van der Waals surface area contributed by atoms with Crippen LogP contribution >= 0.6 is 0 Å². The van der Waals surface area contributed by atoms with Gasteiger partial charge in [0.05, 0.1) is 4.92 Å². The van der Waals surface area contributed by atoms with E-state index in [-0.39, 0.29) is 17.3 Å². The summed E-state index contributed by atoms with van der Waals surface area (Å²) in [5.41, 5.74) is 0.985. The third-order valence-corrected chi connectivity index (χ3v) is 2.10. The monoisotopic (exact) mass is 222 g/mol. The number of amides is 1. The molecule has 86 valence electrons. The van der Waals surface area contributed by atoms with Crippen LogP contribution in [0.25, 0.3) is 0 Å². The van der Waals surface area contributed by atoms with Crippen molar-refractivity contribution in [2.75, 3.05) is 5.32 Å². The van der Waals surface area contributed by atoms with E-state index in [1.54, 1.807) is 19.1 Å². The molecule has 0 fully saturated rings. The van der Waals surface area contributed by atoms with Crippen LogP contribution in [0.2, 0.25) is 0 Å². The van der Waals surface area contributed by atoms with E-state index >= 15 is 0 Å². The highest BCUT2D eigenvalue weighted by Crippen LogP contribution is 2.25. The molecule has 0 saturated heterocycles. The highest BCUT2D eigenvalue weighted by Gasteiger charge is 2.15. The predicted octanol–water partition coefficient (Wildman–Crippen LogP) is 2.64. The molecular formula is C11H14N2O3. The van der Waals surface area contributed by atoms with Gasteiger partial charge in [0.25, 0.3) is 5.69 Å². The van der Waals surface area contributed by atoms with E-state index < -0.39 is 4.92 Å². The molecule has 1 aromatic carbocycles. The number of aryl methyl sites for hydroxylation is 1. The number of hydrogen-bond donors (Lipinski definition) is 1. The number of nitrogens with zero attached hydrogens (tertiary/aromatic N) is 1. The molecular weight excluding hydrogens is 208 g/mol. The smallest absolute Gasteiger partial charge is 0.293 e. The first-order chi connectivity index (χ1) is 7.54. The second kappa shape index (κ2) is 5.25. The van der Waals surface area contributed by atoms with Crippen molar-refractivity contribution in [2.45, 2.75) is 26.7 Å². The van der Waals surface area contributed by atoms with Gasteiger partial charge in [0.1, 0.15) is 5.69 Å². The van der Waals surface area contributed by atoms with Crippen LogP contribution in [0.3, 0.4) is 0 Å². The van der Waals surface area contributed by atoms with Crippen molar-refractivity contribution in [3.8, 4) is 0 Å². The summed E-state index contributed by atoms with van der Waals surface area (Å²) in [5, 5.41) is 13.3. The van der Waals surface area contributed by atoms with Crippen molar-refractivity contribution in [2.24, 2.45) is 0 Å². The molecule has 0 aliphatic rings. The van der Waals surface area contributed by atoms with Gasteiger partial charge >= 0.3 is 0 Å². The number of anilines is 1. The SMILES string of the molecule is CCCC(=O)Nc1ccc(C)cc1[N+](=O)[O-]. The lowest BCUT2D eigenvalue weighted by Crippen LogP contribution is -2.12. The van der Waals surface area contributed by atoms with Crippen LogP contribution in [0.15, 0.2) is 18.2 Å². The number of benzene rings is 1. The maximum absolute atomic E-state index is 11.3. The van der Waals surface area contributed by atoms with E-state index in [9.17, 15) is 14.9 Å². The van der Waals surface area contributed by atoms with Crippen LogP contribution in [0.1, 0.15) is 25.3 Å². The van der Waals surface area contributed by atoms with Crippen molar-refractivity contribution in [1.29, 1.82) is 0 Å². The molecule has 0 saturated carbocycles. The first kappa shape index (κ1) is 12.2. The van der Waals surface area contributed by atoms with E-state index in [2.05, 4.69) is 5.32 Å². The van der Waals surface area contributed by atoms with E-state index in [1.807, 2.05) is 6.92 Å². The number of nitro benzene ring substituents is 1. The number of carbonyl (C=O) groups excluding carboxylic acids is 1. The first-order valence-corrected chi connectivity index (χ1v) is 5.09. The molecule has 0 atom stereocenters. The maximum Gasteiger partial charge on any atom is 0.293 e. The molecule has 0 aromatic heterocycles. The number of carbonyl (C=O) groups is 1. The van der Waals surface area contributed by atoms with Crippen LogP contribution < -0.4 is 5.32 Å². The van der Waals surface area contributed by atoms with Gasteiger partial charge in [-0.1, -0.05) is 13.0 Å². The molecule has 1 N–H and O–H groups in total. The quantitative estimate of drug-likeness (QED) is 0.628. The van der Waals surface area contributed by atoms with E-state index in [4.69, 9.17) is 0 Å². The first-order valence-electron chi connectivity index (χ1n) is 5.09. The molecule has 0 spiro atoms. The Morgan fingerprint density at radius 2 is 2.19 bits per heavy atom. The van der Waals surface area contributed by atoms with Crippen LogP contribution in [0.5, 0.6) is 0 Å². The van der Waals surface area contributed by atoms with Crippen LogP contribution in [0, 0.1) is 17.0 Å². The zero-order chi connectivity index (χ0) is 12.1. The molecule has 1 aromatic rings. The molecule has 0 aliphatic carbocycles. The largest absolute Gasteiger partial charge is 0.320 e. The molecule has 0 bridgehead atoms. The van der Waals surface area contributed by atoms with E-state index in [0.717, 1.165) is 5.56 Å². The third-order valence-electron chi connectivity index (χ3n) is 2.10. The van der Waals surface area contributed by atoms with Gasteiger partial charge in [-0.2, -0.15) is 0 Å². The van der Waals surface area contributed by atoms with Gasteiger partial charge in [-0.05, 0) is 25.0 Å². The summed E-state index contributed by atoms with van der Waals surface area (Å²) in [4.78, 5) is 21.6. The summed E-state index contributed by atoms with van der Waals surface area (Å²) >= 11 is 0. The van der Waals surface area contributed by atoms with Gasteiger partial charge in [-0.3, -0.25) is 14.9 Å². The normalized spacial score (nSPS) is 9.88. The number of hydrogen-bond acceptors (Lipinski definition) is 3. The molecule has 5 heteroatoms. The fourth-order valence-corrected chi connectivity index (χ4v) is 1.34. The Hall–Kier alpha value is -1.91. The van der Waals surface area contributed by atoms with Gasteiger partial charge < -0.3 is 5.32 Å². The second-order valence-corrected chi connectivity index (χ2v) is 3.58. The Morgan fingerprint density at radius 3 is 2.75 bits per heavy atom. The van der Waals surface area contributed by atoms with Crippen LogP contribution in [-0.2, 0) is 4.79 Å². The maximum atomic E-state index is 11.3. The summed E-state index contributed by atoms with van der Waals surface area (Å²) in [5.74, 6) is -0.200. The highest BCUT2D eigenvalue weighted by molar-refractivity contribution is 5.93. The van der Waals surface area contributed by atoms with Crippen molar-refractivity contribution in [3.63, 3.8) is 0 Å².